The SMILES string of the molecule is O=C1CSC(c2cccc([N+](=O)[O-])c2)N1Cc1cccc([N+](=O)[O-])c1. The predicted octanol–water partition coefficient (Wildman–Crippen LogP) is 3.28. The maximum Gasteiger partial charge on any atom is 0.269 e. The van der Waals surface area contributed by atoms with E-state index in [1.54, 1.807) is 29.2 Å². The molecule has 3 rings (SSSR count). The third kappa shape index (κ3) is 3.61. The molecule has 2 aromatic rings. The molecule has 1 heterocycles. The van der Waals surface area contributed by atoms with Crippen molar-refractivity contribution in [2.24, 2.45) is 0 Å². The van der Waals surface area contributed by atoms with Crippen molar-refractivity contribution in [1.82, 2.24) is 4.90 Å². The average molecular weight is 359 g/mol. The van der Waals surface area contributed by atoms with Gasteiger partial charge in [-0.15, -0.1) is 11.8 Å². The summed E-state index contributed by atoms with van der Waals surface area (Å²) < 4.78 is 0. The Bertz CT molecular complexity index is 857. The Labute approximate surface area is 146 Å². The molecule has 0 N–H and O–H groups in total. The van der Waals surface area contributed by atoms with Gasteiger partial charge < -0.3 is 4.90 Å². The summed E-state index contributed by atoms with van der Waals surface area (Å²) in [5, 5.41) is 21.5. The maximum absolute atomic E-state index is 12.2. The fraction of sp³-hybridized carbons (Fsp3) is 0.188. The average Bonchev–Trinajstić information content (AvgIpc) is 2.96. The van der Waals surface area contributed by atoms with E-state index in [0.717, 1.165) is 0 Å². The molecule has 0 saturated carbocycles. The van der Waals surface area contributed by atoms with Crippen LogP contribution in [0.4, 0.5) is 11.4 Å². The van der Waals surface area contributed by atoms with Gasteiger partial charge in [0, 0.05) is 30.8 Å². The van der Waals surface area contributed by atoms with Crippen LogP contribution in [0.1, 0.15) is 16.5 Å². The molecule has 1 amide bonds. The van der Waals surface area contributed by atoms with Crippen LogP contribution in [-0.4, -0.2) is 26.4 Å². The van der Waals surface area contributed by atoms with Gasteiger partial charge in [0.1, 0.15) is 5.37 Å². The number of nitro groups is 2. The molecule has 1 atom stereocenters. The van der Waals surface area contributed by atoms with Crippen LogP contribution >= 0.6 is 11.8 Å². The number of rotatable bonds is 5. The van der Waals surface area contributed by atoms with E-state index in [4.69, 9.17) is 0 Å². The number of benzene rings is 2. The molecule has 0 radical (unpaired) electrons. The number of nitrogens with zero attached hydrogens (tertiary/aromatic N) is 3. The van der Waals surface area contributed by atoms with Crippen molar-refractivity contribution in [1.29, 1.82) is 0 Å². The summed E-state index contributed by atoms with van der Waals surface area (Å²) in [5.74, 6) is 0.162. The minimum Gasteiger partial charge on any atom is -0.321 e. The van der Waals surface area contributed by atoms with Crippen molar-refractivity contribution in [2.45, 2.75) is 11.9 Å². The van der Waals surface area contributed by atoms with E-state index in [1.165, 1.54) is 36.0 Å². The zero-order valence-corrected chi connectivity index (χ0v) is 13.7. The van der Waals surface area contributed by atoms with Crippen LogP contribution in [0.2, 0.25) is 0 Å². The van der Waals surface area contributed by atoms with Crippen LogP contribution < -0.4 is 0 Å². The van der Waals surface area contributed by atoms with Crippen LogP contribution in [0.5, 0.6) is 0 Å². The number of non-ortho nitro benzene ring substituents is 2. The number of amides is 1. The Morgan fingerprint density at radius 2 is 1.68 bits per heavy atom. The van der Waals surface area contributed by atoms with Gasteiger partial charge in [-0.25, -0.2) is 0 Å². The Balaban J connectivity index is 1.87. The van der Waals surface area contributed by atoms with Gasteiger partial charge in [0.25, 0.3) is 11.4 Å². The van der Waals surface area contributed by atoms with Crippen LogP contribution in [0.15, 0.2) is 48.5 Å². The standard InChI is InChI=1S/C16H13N3O5S/c20-15-10-25-16(12-4-2-6-14(8-12)19(23)24)17(15)9-11-3-1-5-13(7-11)18(21)22/h1-8,16H,9-10H2. The van der Waals surface area contributed by atoms with Crippen molar-refractivity contribution in [2.75, 3.05) is 5.75 Å². The molecule has 0 aromatic heterocycles. The first kappa shape index (κ1) is 16.9. The van der Waals surface area contributed by atoms with E-state index in [-0.39, 0.29) is 35.0 Å². The molecular formula is C16H13N3O5S. The molecule has 8 nitrogen and oxygen atoms in total. The lowest BCUT2D eigenvalue weighted by atomic mass is 10.1. The number of hydrogen-bond acceptors (Lipinski definition) is 6. The van der Waals surface area contributed by atoms with Gasteiger partial charge in [-0.2, -0.15) is 0 Å². The third-order valence-electron chi connectivity index (χ3n) is 3.81. The van der Waals surface area contributed by atoms with Crippen LogP contribution in [-0.2, 0) is 11.3 Å². The molecule has 1 aliphatic rings. The number of hydrogen-bond donors (Lipinski definition) is 0. The topological polar surface area (TPSA) is 107 Å². The number of carbonyl (C=O) groups is 1. The predicted molar refractivity (Wildman–Crippen MR) is 91.9 cm³/mol. The highest BCUT2D eigenvalue weighted by Gasteiger charge is 2.33. The highest BCUT2D eigenvalue weighted by molar-refractivity contribution is 8.00. The van der Waals surface area contributed by atoms with Gasteiger partial charge in [0.05, 0.1) is 15.6 Å². The normalized spacial score (nSPS) is 16.9. The van der Waals surface area contributed by atoms with Gasteiger partial charge in [0.15, 0.2) is 0 Å². The Morgan fingerprint density at radius 3 is 2.36 bits per heavy atom. The monoisotopic (exact) mass is 359 g/mol. The van der Waals surface area contributed by atoms with Gasteiger partial charge in [0.2, 0.25) is 5.91 Å². The molecule has 1 unspecified atom stereocenters. The van der Waals surface area contributed by atoms with Crippen LogP contribution in [0.3, 0.4) is 0 Å². The molecule has 25 heavy (non-hydrogen) atoms. The Morgan fingerprint density at radius 1 is 1.04 bits per heavy atom. The van der Waals surface area contributed by atoms with E-state index < -0.39 is 9.85 Å². The molecular weight excluding hydrogens is 346 g/mol. The summed E-state index contributed by atoms with van der Waals surface area (Å²) in [4.78, 5) is 34.7. The van der Waals surface area contributed by atoms with Crippen LogP contribution in [0, 0.1) is 20.2 Å². The fourth-order valence-electron chi connectivity index (χ4n) is 2.66. The van der Waals surface area contributed by atoms with Crippen molar-refractivity contribution >= 4 is 29.0 Å². The second-order valence-electron chi connectivity index (χ2n) is 5.46. The zero-order chi connectivity index (χ0) is 18.0. The summed E-state index contributed by atoms with van der Waals surface area (Å²) >= 11 is 1.38. The second-order valence-corrected chi connectivity index (χ2v) is 6.53. The number of carbonyl (C=O) groups excluding carboxylic acids is 1. The highest BCUT2D eigenvalue weighted by Crippen LogP contribution is 2.40. The summed E-state index contributed by atoms with van der Waals surface area (Å²) in [6.07, 6.45) is 0. The van der Waals surface area contributed by atoms with Gasteiger partial charge >= 0.3 is 0 Å². The van der Waals surface area contributed by atoms with Crippen molar-refractivity contribution in [3.05, 3.63) is 79.9 Å². The molecule has 0 aliphatic carbocycles. The minimum atomic E-state index is -0.484. The van der Waals surface area contributed by atoms with E-state index in [1.807, 2.05) is 0 Å². The highest BCUT2D eigenvalue weighted by atomic mass is 32.2. The van der Waals surface area contributed by atoms with Gasteiger partial charge in [-0.1, -0.05) is 24.3 Å². The summed E-state index contributed by atoms with van der Waals surface area (Å²) in [6.45, 7) is 0.209. The van der Waals surface area contributed by atoms with Crippen molar-refractivity contribution in [3.8, 4) is 0 Å². The lowest BCUT2D eigenvalue weighted by molar-refractivity contribution is -0.385. The van der Waals surface area contributed by atoms with Gasteiger partial charge in [-0.3, -0.25) is 25.0 Å². The van der Waals surface area contributed by atoms with E-state index in [0.29, 0.717) is 11.1 Å². The second kappa shape index (κ2) is 6.89. The van der Waals surface area contributed by atoms with Crippen LogP contribution in [0.25, 0.3) is 0 Å². The third-order valence-corrected chi connectivity index (χ3v) is 5.06. The molecule has 0 spiro atoms. The zero-order valence-electron chi connectivity index (χ0n) is 12.9. The minimum absolute atomic E-state index is 0.0345. The molecule has 1 fully saturated rings. The maximum atomic E-state index is 12.2. The smallest absolute Gasteiger partial charge is 0.269 e. The Kier molecular flexibility index (Phi) is 4.66. The fourth-order valence-corrected chi connectivity index (χ4v) is 3.84. The largest absolute Gasteiger partial charge is 0.321 e. The summed E-state index contributed by atoms with van der Waals surface area (Å²) in [6, 6.07) is 12.3. The first-order valence-electron chi connectivity index (χ1n) is 7.34. The lowest BCUT2D eigenvalue weighted by Gasteiger charge is -2.24. The molecule has 1 saturated heterocycles. The molecule has 0 bridgehead atoms. The van der Waals surface area contributed by atoms with Crippen molar-refractivity contribution in [3.63, 3.8) is 0 Å². The molecule has 128 valence electrons. The van der Waals surface area contributed by atoms with E-state index in [9.17, 15) is 25.0 Å². The Hall–Kier alpha value is -2.94. The van der Waals surface area contributed by atoms with E-state index in [2.05, 4.69) is 0 Å². The number of thioether (sulfide) groups is 1. The molecule has 2 aromatic carbocycles. The summed E-state index contributed by atoms with van der Waals surface area (Å²) in [7, 11) is 0. The molecule has 9 heteroatoms. The van der Waals surface area contributed by atoms with E-state index >= 15 is 0 Å². The summed E-state index contributed by atoms with van der Waals surface area (Å²) in [5.41, 5.74) is 1.23. The first-order valence-corrected chi connectivity index (χ1v) is 8.39. The lowest BCUT2D eigenvalue weighted by Crippen LogP contribution is -2.27. The quantitative estimate of drug-likeness (QED) is 0.599. The first-order chi connectivity index (χ1) is 12.0. The number of nitro benzene ring substituents is 2. The van der Waals surface area contributed by atoms with Gasteiger partial charge in [-0.05, 0) is 11.1 Å². The van der Waals surface area contributed by atoms with Crippen molar-refractivity contribution < 1.29 is 14.6 Å². The molecule has 1 aliphatic heterocycles.